The van der Waals surface area contributed by atoms with Crippen molar-refractivity contribution in [2.45, 2.75) is 51.9 Å². The average Bonchev–Trinajstić information content (AvgIpc) is 2.42. The molecule has 0 aliphatic carbocycles. The second-order valence-electron chi connectivity index (χ2n) is 7.29. The van der Waals surface area contributed by atoms with Gasteiger partial charge in [-0.1, -0.05) is 26.8 Å². The minimum atomic E-state index is -2.20. The Morgan fingerprint density at radius 3 is 2.42 bits per heavy atom. The summed E-state index contributed by atoms with van der Waals surface area (Å²) >= 11 is 0. The lowest BCUT2D eigenvalue weighted by molar-refractivity contribution is -0.385. The van der Waals surface area contributed by atoms with E-state index in [9.17, 15) is 14.9 Å². The monoisotopic (exact) mass is 351 g/mol. The molecule has 24 heavy (non-hydrogen) atoms. The fourth-order valence-corrected chi connectivity index (χ4v) is 3.11. The molecule has 0 fully saturated rings. The number of rotatable bonds is 6. The van der Waals surface area contributed by atoms with E-state index in [1.165, 1.54) is 18.2 Å². The molecule has 1 unspecified atom stereocenters. The van der Waals surface area contributed by atoms with Crippen LogP contribution in [-0.4, -0.2) is 24.3 Å². The van der Waals surface area contributed by atoms with Crippen LogP contribution in [-0.2, 0) is 9.22 Å². The zero-order valence-electron chi connectivity index (χ0n) is 15.0. The van der Waals surface area contributed by atoms with Gasteiger partial charge in [-0.2, -0.15) is 0 Å². The van der Waals surface area contributed by atoms with Crippen LogP contribution in [0.3, 0.4) is 0 Å². The van der Waals surface area contributed by atoms with E-state index in [-0.39, 0.29) is 10.7 Å². The SMILES string of the molecule is Cc1ccc([N+](=O)[O-])cc1C(C=CC(=O)O)O[Si](C)(C)C(C)(C)C. The molecule has 6 nitrogen and oxygen atoms in total. The number of hydrogen-bond acceptors (Lipinski definition) is 4. The third kappa shape index (κ3) is 5.00. The second-order valence-corrected chi connectivity index (χ2v) is 12.1. The molecule has 1 rings (SSSR count). The van der Waals surface area contributed by atoms with Gasteiger partial charge < -0.3 is 9.53 Å². The lowest BCUT2D eigenvalue weighted by Gasteiger charge is -2.39. The summed E-state index contributed by atoms with van der Waals surface area (Å²) in [6.07, 6.45) is 1.84. The standard InChI is InChI=1S/C17H25NO5Si/c1-12-7-8-13(18(21)22)11-14(12)15(9-10-16(19)20)23-24(5,6)17(2,3)4/h7-11,15H,1-6H3,(H,19,20). The summed E-state index contributed by atoms with van der Waals surface area (Å²) in [5.74, 6) is -1.08. The molecule has 1 aromatic carbocycles. The maximum atomic E-state index is 11.1. The summed E-state index contributed by atoms with van der Waals surface area (Å²) in [4.78, 5) is 21.5. The molecule has 0 aliphatic rings. The van der Waals surface area contributed by atoms with Crippen LogP contribution in [0, 0.1) is 17.0 Å². The van der Waals surface area contributed by atoms with Crippen LogP contribution in [0.15, 0.2) is 30.4 Å². The quantitative estimate of drug-likeness (QED) is 0.350. The highest BCUT2D eigenvalue weighted by Crippen LogP contribution is 2.40. The minimum absolute atomic E-state index is 0.0387. The number of nitrogens with zero attached hydrogens (tertiary/aromatic N) is 1. The summed E-state index contributed by atoms with van der Waals surface area (Å²) < 4.78 is 6.32. The number of non-ortho nitro benzene ring substituents is 1. The summed E-state index contributed by atoms with van der Waals surface area (Å²) in [5.41, 5.74) is 1.40. The van der Waals surface area contributed by atoms with Crippen LogP contribution < -0.4 is 0 Å². The minimum Gasteiger partial charge on any atom is -0.478 e. The van der Waals surface area contributed by atoms with E-state index >= 15 is 0 Å². The van der Waals surface area contributed by atoms with Gasteiger partial charge in [0, 0.05) is 18.2 Å². The molecule has 1 aromatic rings. The van der Waals surface area contributed by atoms with Crippen LogP contribution in [0.1, 0.15) is 38.0 Å². The molecule has 0 bridgehead atoms. The Kier molecular flexibility index (Phi) is 6.07. The predicted octanol–water partition coefficient (Wildman–Crippen LogP) is 4.61. The van der Waals surface area contributed by atoms with Crippen molar-refractivity contribution in [2.75, 3.05) is 0 Å². The Hall–Kier alpha value is -1.99. The smallest absolute Gasteiger partial charge is 0.328 e. The largest absolute Gasteiger partial charge is 0.478 e. The molecule has 7 heteroatoms. The highest BCUT2D eigenvalue weighted by atomic mass is 28.4. The van der Waals surface area contributed by atoms with Crippen molar-refractivity contribution in [3.8, 4) is 0 Å². The second kappa shape index (κ2) is 7.27. The average molecular weight is 351 g/mol. The van der Waals surface area contributed by atoms with Crippen molar-refractivity contribution in [3.63, 3.8) is 0 Å². The normalized spacial score (nSPS) is 13.9. The molecule has 0 amide bonds. The van der Waals surface area contributed by atoms with E-state index in [4.69, 9.17) is 9.53 Å². The fraction of sp³-hybridized carbons (Fsp3) is 0.471. The Bertz CT molecular complexity index is 661. The molecule has 0 saturated heterocycles. The van der Waals surface area contributed by atoms with Gasteiger partial charge in [0.1, 0.15) is 0 Å². The number of hydrogen-bond donors (Lipinski definition) is 1. The van der Waals surface area contributed by atoms with Crippen LogP contribution in [0.5, 0.6) is 0 Å². The summed E-state index contributed by atoms with van der Waals surface area (Å²) in [6.45, 7) is 12.2. The molecule has 0 radical (unpaired) electrons. The zero-order valence-corrected chi connectivity index (χ0v) is 16.0. The van der Waals surface area contributed by atoms with E-state index in [1.807, 2.05) is 6.92 Å². The zero-order chi connectivity index (χ0) is 18.7. The first-order chi connectivity index (χ1) is 10.8. The molecular weight excluding hydrogens is 326 g/mol. The van der Waals surface area contributed by atoms with E-state index in [0.29, 0.717) is 5.56 Å². The molecule has 1 atom stereocenters. The first kappa shape index (κ1) is 20.1. The Balaban J connectivity index is 3.37. The first-order valence-electron chi connectivity index (χ1n) is 7.69. The maximum absolute atomic E-state index is 11.1. The van der Waals surface area contributed by atoms with Gasteiger partial charge in [-0.15, -0.1) is 0 Å². The van der Waals surface area contributed by atoms with Crippen LogP contribution in [0.25, 0.3) is 0 Å². The molecular formula is C17H25NO5Si. The van der Waals surface area contributed by atoms with Gasteiger partial charge in [-0.05, 0) is 42.3 Å². The van der Waals surface area contributed by atoms with Gasteiger partial charge in [0.05, 0.1) is 11.0 Å². The van der Waals surface area contributed by atoms with Crippen molar-refractivity contribution in [1.82, 2.24) is 0 Å². The molecule has 0 aliphatic heterocycles. The number of carboxylic acids is 1. The van der Waals surface area contributed by atoms with Gasteiger partial charge >= 0.3 is 5.97 Å². The van der Waals surface area contributed by atoms with Gasteiger partial charge in [-0.3, -0.25) is 10.1 Å². The van der Waals surface area contributed by atoms with Crippen molar-refractivity contribution in [2.24, 2.45) is 0 Å². The highest BCUT2D eigenvalue weighted by Gasteiger charge is 2.39. The lowest BCUT2D eigenvalue weighted by Crippen LogP contribution is -2.41. The Morgan fingerprint density at radius 2 is 1.96 bits per heavy atom. The van der Waals surface area contributed by atoms with Gasteiger partial charge in [0.25, 0.3) is 5.69 Å². The predicted molar refractivity (Wildman–Crippen MR) is 95.6 cm³/mol. The van der Waals surface area contributed by atoms with Crippen molar-refractivity contribution >= 4 is 20.0 Å². The van der Waals surface area contributed by atoms with Crippen LogP contribution in [0.4, 0.5) is 5.69 Å². The number of aryl methyl sites for hydroxylation is 1. The van der Waals surface area contributed by atoms with Crippen molar-refractivity contribution in [1.29, 1.82) is 0 Å². The molecule has 132 valence electrons. The topological polar surface area (TPSA) is 89.7 Å². The summed E-state index contributed by atoms with van der Waals surface area (Å²) in [5, 5.41) is 19.9. The number of benzene rings is 1. The Morgan fingerprint density at radius 1 is 1.38 bits per heavy atom. The number of nitro benzene ring substituents is 1. The number of carbonyl (C=O) groups is 1. The lowest BCUT2D eigenvalue weighted by atomic mass is 10.0. The number of nitro groups is 1. The maximum Gasteiger partial charge on any atom is 0.328 e. The molecule has 0 heterocycles. The fourth-order valence-electron chi connectivity index (χ4n) is 1.92. The Labute approximate surface area is 143 Å². The van der Waals surface area contributed by atoms with E-state index in [1.54, 1.807) is 6.07 Å². The third-order valence-electron chi connectivity index (χ3n) is 4.42. The third-order valence-corrected chi connectivity index (χ3v) is 8.88. The molecule has 1 N–H and O–H groups in total. The van der Waals surface area contributed by atoms with E-state index in [0.717, 1.165) is 11.6 Å². The van der Waals surface area contributed by atoms with Crippen LogP contribution >= 0.6 is 0 Å². The van der Waals surface area contributed by atoms with Gasteiger partial charge in [-0.25, -0.2) is 4.79 Å². The van der Waals surface area contributed by atoms with Crippen molar-refractivity contribution in [3.05, 3.63) is 51.6 Å². The number of aliphatic carboxylic acids is 1. The van der Waals surface area contributed by atoms with E-state index < -0.39 is 25.3 Å². The van der Waals surface area contributed by atoms with E-state index in [2.05, 4.69) is 33.9 Å². The summed E-state index contributed by atoms with van der Waals surface area (Å²) in [6, 6.07) is 4.55. The number of carboxylic acid groups (broad SMARTS) is 1. The van der Waals surface area contributed by atoms with Crippen LogP contribution in [0.2, 0.25) is 18.1 Å². The molecule has 0 aromatic heterocycles. The van der Waals surface area contributed by atoms with Gasteiger partial charge in [0.2, 0.25) is 0 Å². The van der Waals surface area contributed by atoms with Crippen molar-refractivity contribution < 1.29 is 19.3 Å². The summed E-state index contributed by atoms with van der Waals surface area (Å²) in [7, 11) is -2.20. The highest BCUT2D eigenvalue weighted by molar-refractivity contribution is 6.74. The molecule has 0 saturated carbocycles. The van der Waals surface area contributed by atoms with Gasteiger partial charge in [0.15, 0.2) is 8.32 Å². The first-order valence-corrected chi connectivity index (χ1v) is 10.6. The molecule has 0 spiro atoms.